The molecule has 0 aromatic heterocycles. The second kappa shape index (κ2) is 10.3. The van der Waals surface area contributed by atoms with E-state index in [1.54, 1.807) is 0 Å². The third-order valence-corrected chi connectivity index (χ3v) is 12.4. The molecule has 2 unspecified atom stereocenters. The first kappa shape index (κ1) is 30.9. The predicted octanol–water partition coefficient (Wildman–Crippen LogP) is 10.6. The van der Waals surface area contributed by atoms with E-state index in [1.807, 2.05) is 12.4 Å². The Kier molecular flexibility index (Phi) is 6.15. The second-order valence-corrected chi connectivity index (χ2v) is 15.6. The van der Waals surface area contributed by atoms with Crippen molar-refractivity contribution >= 4 is 68.9 Å². The van der Waals surface area contributed by atoms with Crippen LogP contribution in [0.25, 0.3) is 33.7 Å². The van der Waals surface area contributed by atoms with Gasteiger partial charge in [-0.2, -0.15) is 0 Å². The molecule has 4 aliphatic heterocycles. The first-order valence-corrected chi connectivity index (χ1v) is 18.0. The van der Waals surface area contributed by atoms with E-state index < -0.39 is 11.4 Å². The lowest BCUT2D eigenvalue weighted by molar-refractivity contribution is 0.0823. The van der Waals surface area contributed by atoms with Crippen molar-refractivity contribution in [3.8, 4) is 11.5 Å². The molecule has 256 valence electrons. The van der Waals surface area contributed by atoms with E-state index in [9.17, 15) is 0 Å². The summed E-state index contributed by atoms with van der Waals surface area (Å²) in [6.45, 7) is 8.99. The molecular formula is C46H40N4O2. The Morgan fingerprint density at radius 2 is 0.904 bits per heavy atom. The van der Waals surface area contributed by atoms with Crippen LogP contribution in [0.1, 0.15) is 49.9 Å². The molecule has 10 rings (SSSR count). The average Bonchev–Trinajstić information content (AvgIpc) is 3.43. The van der Waals surface area contributed by atoms with E-state index in [0.717, 1.165) is 66.9 Å². The Morgan fingerprint density at radius 3 is 1.33 bits per heavy atom. The van der Waals surface area contributed by atoms with Crippen molar-refractivity contribution in [2.24, 2.45) is 9.98 Å². The number of nitrogens with zero attached hydrogens (tertiary/aromatic N) is 4. The van der Waals surface area contributed by atoms with Crippen LogP contribution in [-0.2, 0) is 10.8 Å². The molecular weight excluding hydrogens is 641 g/mol. The number of hydrogen-bond donors (Lipinski definition) is 0. The molecule has 4 heterocycles. The van der Waals surface area contributed by atoms with Crippen LogP contribution in [-0.4, -0.2) is 38.0 Å². The van der Waals surface area contributed by atoms with E-state index in [0.29, 0.717) is 0 Å². The smallest absolute Gasteiger partial charge is 0.228 e. The molecule has 2 atom stereocenters. The van der Waals surface area contributed by atoms with E-state index in [1.165, 1.54) is 11.1 Å². The number of hydrogen-bond acceptors (Lipinski definition) is 6. The third kappa shape index (κ3) is 3.79. The van der Waals surface area contributed by atoms with Crippen LogP contribution in [0, 0.1) is 0 Å². The fourth-order valence-corrected chi connectivity index (χ4v) is 9.29. The summed E-state index contributed by atoms with van der Waals surface area (Å²) in [6.07, 6.45) is 8.34. The molecule has 0 saturated heterocycles. The number of aliphatic imine (C=N–C) groups is 2. The number of para-hydroxylation sites is 2. The summed E-state index contributed by atoms with van der Waals surface area (Å²) in [5.74, 6) is 1.53. The van der Waals surface area contributed by atoms with Gasteiger partial charge in [0.2, 0.25) is 11.4 Å². The highest BCUT2D eigenvalue weighted by atomic mass is 16.5. The molecule has 0 saturated carbocycles. The summed E-state index contributed by atoms with van der Waals surface area (Å²) in [5, 5.41) is 4.33. The van der Waals surface area contributed by atoms with Gasteiger partial charge in [0.15, 0.2) is 11.5 Å². The van der Waals surface area contributed by atoms with Crippen molar-refractivity contribution < 1.29 is 9.47 Å². The summed E-state index contributed by atoms with van der Waals surface area (Å²) < 4.78 is 14.6. The molecule has 0 N–H and O–H groups in total. The van der Waals surface area contributed by atoms with Gasteiger partial charge >= 0.3 is 0 Å². The van der Waals surface area contributed by atoms with Crippen LogP contribution in [0.4, 0.5) is 22.7 Å². The summed E-state index contributed by atoms with van der Waals surface area (Å²) >= 11 is 0. The van der Waals surface area contributed by atoms with Gasteiger partial charge in [-0.1, -0.05) is 97.1 Å². The van der Waals surface area contributed by atoms with Crippen molar-refractivity contribution in [3.63, 3.8) is 0 Å². The maximum atomic E-state index is 7.32. The van der Waals surface area contributed by atoms with Gasteiger partial charge in [-0.15, -0.1) is 0 Å². The van der Waals surface area contributed by atoms with E-state index in [-0.39, 0.29) is 10.8 Å². The van der Waals surface area contributed by atoms with E-state index in [4.69, 9.17) is 19.5 Å². The fourth-order valence-electron chi connectivity index (χ4n) is 9.29. The summed E-state index contributed by atoms with van der Waals surface area (Å²) in [4.78, 5) is 14.9. The lowest BCUT2D eigenvalue weighted by atomic mass is 9.77. The SMILES string of the molecule is CN1c2ccccc2C(C)(C)C12C=Nc1c(c(/C=C\c3cc4ccccc4c4c3OC3(C=N4)N(C)c4ccccc4C3(C)C)cc3ccccc13)O2. The maximum Gasteiger partial charge on any atom is 0.228 e. The molecule has 6 heteroatoms. The molecule has 0 fully saturated rings. The average molecular weight is 681 g/mol. The molecule has 6 aromatic rings. The Bertz CT molecular complexity index is 2420. The van der Waals surface area contributed by atoms with E-state index >= 15 is 0 Å². The van der Waals surface area contributed by atoms with Crippen LogP contribution >= 0.6 is 0 Å². The minimum atomic E-state index is -0.811. The largest absolute Gasteiger partial charge is 0.459 e. The van der Waals surface area contributed by atoms with Gasteiger partial charge in [-0.25, -0.2) is 0 Å². The normalized spacial score (nSPS) is 22.9. The van der Waals surface area contributed by atoms with Gasteiger partial charge in [-0.3, -0.25) is 9.98 Å². The lowest BCUT2D eigenvalue weighted by Gasteiger charge is -2.45. The quantitative estimate of drug-likeness (QED) is 0.171. The van der Waals surface area contributed by atoms with Crippen molar-refractivity contribution in [3.05, 3.63) is 131 Å². The number of fused-ring (bicyclic) bond motifs is 8. The standard InChI is InChI=1S/C46H40N4O2/c1-43(2)35-19-11-13-21-37(35)49(5)45(43)27-47-39-33-17-9-7-15-29(33)25-31(41(39)51-45)23-24-32-26-30-16-8-10-18-34(30)40-42(32)52-46(28-48-40)44(3,4)36-20-12-14-22-38(36)50(46)6/h7-28H,1-6H3/b24-23-. The van der Waals surface area contributed by atoms with Crippen molar-refractivity contribution in [1.29, 1.82) is 0 Å². The van der Waals surface area contributed by atoms with Crippen LogP contribution in [0.2, 0.25) is 0 Å². The minimum Gasteiger partial charge on any atom is -0.459 e. The Morgan fingerprint density at radius 1 is 0.519 bits per heavy atom. The molecule has 6 nitrogen and oxygen atoms in total. The first-order valence-electron chi connectivity index (χ1n) is 18.0. The van der Waals surface area contributed by atoms with Gasteiger partial charge in [0.05, 0.1) is 23.3 Å². The summed E-state index contributed by atoms with van der Waals surface area (Å²) in [5.41, 5.74) is 5.99. The third-order valence-electron chi connectivity index (χ3n) is 12.4. The zero-order valence-corrected chi connectivity index (χ0v) is 30.3. The Labute approximate surface area is 304 Å². The first-order chi connectivity index (χ1) is 25.1. The van der Waals surface area contributed by atoms with Gasteiger partial charge in [0.1, 0.15) is 11.4 Å². The number of likely N-dealkylation sites (N-methyl/N-ethyl adjacent to an activating group) is 2. The number of rotatable bonds is 2. The minimum absolute atomic E-state index is 0.374. The van der Waals surface area contributed by atoms with Gasteiger partial charge in [0.25, 0.3) is 0 Å². The molecule has 0 radical (unpaired) electrons. The second-order valence-electron chi connectivity index (χ2n) is 15.6. The van der Waals surface area contributed by atoms with Crippen molar-refractivity contribution in [2.75, 3.05) is 23.9 Å². The number of benzene rings is 6. The molecule has 0 aliphatic carbocycles. The van der Waals surface area contributed by atoms with Crippen molar-refractivity contribution in [1.82, 2.24) is 0 Å². The number of ether oxygens (including phenoxy) is 2. The number of anilines is 2. The van der Waals surface area contributed by atoms with Crippen LogP contribution in [0.3, 0.4) is 0 Å². The molecule has 0 amide bonds. The Hall–Kier alpha value is -5.88. The van der Waals surface area contributed by atoms with Crippen molar-refractivity contribution in [2.45, 2.75) is 50.0 Å². The highest BCUT2D eigenvalue weighted by Crippen LogP contribution is 2.57. The molecule has 0 bridgehead atoms. The highest BCUT2D eigenvalue weighted by Gasteiger charge is 2.60. The zero-order chi connectivity index (χ0) is 35.6. The topological polar surface area (TPSA) is 49.7 Å². The predicted molar refractivity (Wildman–Crippen MR) is 216 cm³/mol. The fraction of sp³-hybridized carbons (Fsp3) is 0.217. The summed E-state index contributed by atoms with van der Waals surface area (Å²) in [6, 6.07) is 38.4. The maximum absolute atomic E-state index is 7.32. The van der Waals surface area contributed by atoms with E-state index in [2.05, 4.69) is 173 Å². The van der Waals surface area contributed by atoms with Crippen LogP contribution in [0.5, 0.6) is 11.5 Å². The molecule has 2 spiro atoms. The lowest BCUT2D eigenvalue weighted by Crippen LogP contribution is -2.61. The van der Waals surface area contributed by atoms with Gasteiger partial charge in [0, 0.05) is 47.4 Å². The molecule has 52 heavy (non-hydrogen) atoms. The van der Waals surface area contributed by atoms with Gasteiger partial charge < -0.3 is 19.3 Å². The van der Waals surface area contributed by atoms with Crippen LogP contribution in [0.15, 0.2) is 119 Å². The highest BCUT2D eigenvalue weighted by molar-refractivity contribution is 6.05. The van der Waals surface area contributed by atoms with Crippen LogP contribution < -0.4 is 19.3 Å². The molecule has 4 aliphatic rings. The molecule has 6 aromatic carbocycles. The summed E-state index contributed by atoms with van der Waals surface area (Å²) in [7, 11) is 4.21. The zero-order valence-electron chi connectivity index (χ0n) is 30.3. The monoisotopic (exact) mass is 680 g/mol. The van der Waals surface area contributed by atoms with Gasteiger partial charge in [-0.05, 0) is 73.9 Å². The Balaban J connectivity index is 1.14.